The molecule has 0 bridgehead atoms. The van der Waals surface area contributed by atoms with Crippen LogP contribution >= 0.6 is 0 Å². The standard InChI is InChI=1S/C18H17F2NO5/c1-4-25-18(24)15-9(2)16(21-10(15)3)14(22)8-26-17(23)11-5-12(19)7-13(20)6-11/h5-7,21H,4,8H2,1-3H3. The van der Waals surface area contributed by atoms with Gasteiger partial charge in [-0.3, -0.25) is 4.79 Å². The van der Waals surface area contributed by atoms with Crippen molar-refractivity contribution in [1.29, 1.82) is 0 Å². The first-order valence-corrected chi connectivity index (χ1v) is 7.77. The summed E-state index contributed by atoms with van der Waals surface area (Å²) < 4.78 is 36.0. The number of aromatic nitrogens is 1. The normalized spacial score (nSPS) is 10.5. The molecule has 0 radical (unpaired) electrons. The van der Waals surface area contributed by atoms with Crippen molar-refractivity contribution in [2.75, 3.05) is 13.2 Å². The van der Waals surface area contributed by atoms with Gasteiger partial charge in [0.25, 0.3) is 0 Å². The van der Waals surface area contributed by atoms with E-state index in [0.717, 1.165) is 12.1 Å². The molecule has 1 aromatic heterocycles. The first kappa shape index (κ1) is 19.3. The van der Waals surface area contributed by atoms with Crippen LogP contribution in [-0.2, 0) is 9.47 Å². The van der Waals surface area contributed by atoms with Gasteiger partial charge in [-0.2, -0.15) is 0 Å². The van der Waals surface area contributed by atoms with E-state index in [-0.39, 0.29) is 23.4 Å². The molecular weight excluding hydrogens is 348 g/mol. The Morgan fingerprint density at radius 3 is 2.19 bits per heavy atom. The lowest BCUT2D eigenvalue weighted by Crippen LogP contribution is -2.16. The predicted molar refractivity (Wildman–Crippen MR) is 87.2 cm³/mol. The van der Waals surface area contributed by atoms with Crippen molar-refractivity contribution in [1.82, 2.24) is 4.98 Å². The Morgan fingerprint density at radius 2 is 1.62 bits per heavy atom. The molecule has 1 aromatic carbocycles. The molecule has 0 aliphatic heterocycles. The van der Waals surface area contributed by atoms with Crippen molar-refractivity contribution in [2.24, 2.45) is 0 Å². The number of carbonyl (C=O) groups excluding carboxylic acids is 3. The lowest BCUT2D eigenvalue weighted by Gasteiger charge is -2.05. The lowest BCUT2D eigenvalue weighted by molar-refractivity contribution is 0.0471. The third-order valence-electron chi connectivity index (χ3n) is 3.63. The molecule has 1 heterocycles. The zero-order valence-corrected chi connectivity index (χ0v) is 14.4. The number of aryl methyl sites for hydroxylation is 1. The van der Waals surface area contributed by atoms with E-state index in [9.17, 15) is 23.2 Å². The van der Waals surface area contributed by atoms with Gasteiger partial charge in [-0.15, -0.1) is 0 Å². The van der Waals surface area contributed by atoms with Crippen molar-refractivity contribution in [3.8, 4) is 0 Å². The maximum absolute atomic E-state index is 13.1. The van der Waals surface area contributed by atoms with Gasteiger partial charge in [0.1, 0.15) is 11.6 Å². The van der Waals surface area contributed by atoms with Crippen LogP contribution in [-0.4, -0.2) is 35.9 Å². The van der Waals surface area contributed by atoms with E-state index in [1.807, 2.05) is 0 Å². The number of carbonyl (C=O) groups is 3. The molecule has 0 saturated carbocycles. The number of H-pyrrole nitrogens is 1. The van der Waals surface area contributed by atoms with Gasteiger partial charge in [0.2, 0.25) is 5.78 Å². The molecule has 0 amide bonds. The summed E-state index contributed by atoms with van der Waals surface area (Å²) in [6, 6.07) is 2.22. The van der Waals surface area contributed by atoms with Gasteiger partial charge < -0.3 is 14.5 Å². The summed E-state index contributed by atoms with van der Waals surface area (Å²) in [5, 5.41) is 0. The van der Waals surface area contributed by atoms with Crippen LogP contribution < -0.4 is 0 Å². The Kier molecular flexibility index (Phi) is 5.86. The number of Topliss-reactive ketones (excluding diaryl/α,β-unsaturated/α-hetero) is 1. The monoisotopic (exact) mass is 365 g/mol. The quantitative estimate of drug-likeness (QED) is 0.628. The predicted octanol–water partition coefficient (Wildman–Crippen LogP) is 3.13. The molecule has 0 fully saturated rings. The van der Waals surface area contributed by atoms with Crippen LogP contribution in [0.2, 0.25) is 0 Å². The maximum atomic E-state index is 13.1. The Balaban J connectivity index is 2.12. The number of ether oxygens (including phenoxy) is 2. The van der Waals surface area contributed by atoms with Crippen LogP contribution in [0.1, 0.15) is 49.4 Å². The average molecular weight is 365 g/mol. The highest BCUT2D eigenvalue weighted by Crippen LogP contribution is 2.20. The van der Waals surface area contributed by atoms with Gasteiger partial charge in [0, 0.05) is 11.8 Å². The Bertz CT molecular complexity index is 852. The lowest BCUT2D eigenvalue weighted by atomic mass is 10.1. The topological polar surface area (TPSA) is 85.5 Å². The number of esters is 2. The molecule has 138 valence electrons. The Morgan fingerprint density at radius 1 is 1.00 bits per heavy atom. The van der Waals surface area contributed by atoms with Crippen LogP contribution in [0.3, 0.4) is 0 Å². The number of hydrogen-bond donors (Lipinski definition) is 1. The number of halogens is 2. The Labute approximate surface area is 148 Å². The number of nitrogens with one attached hydrogen (secondary N) is 1. The van der Waals surface area contributed by atoms with Crippen molar-refractivity contribution in [2.45, 2.75) is 20.8 Å². The molecule has 0 aliphatic carbocycles. The number of benzene rings is 1. The molecule has 6 nitrogen and oxygen atoms in total. The van der Waals surface area contributed by atoms with E-state index in [0.29, 0.717) is 17.3 Å². The van der Waals surface area contributed by atoms with E-state index >= 15 is 0 Å². The van der Waals surface area contributed by atoms with E-state index in [2.05, 4.69) is 4.98 Å². The molecule has 0 unspecified atom stereocenters. The summed E-state index contributed by atoms with van der Waals surface area (Å²) in [5.74, 6) is -4.06. The van der Waals surface area contributed by atoms with Gasteiger partial charge in [-0.05, 0) is 38.5 Å². The highest BCUT2D eigenvalue weighted by Gasteiger charge is 2.23. The minimum atomic E-state index is -1.04. The van der Waals surface area contributed by atoms with E-state index in [1.165, 1.54) is 0 Å². The molecule has 1 N–H and O–H groups in total. The fraction of sp³-hybridized carbons (Fsp3) is 0.278. The molecule has 0 aliphatic rings. The number of hydrogen-bond acceptors (Lipinski definition) is 5. The van der Waals surface area contributed by atoms with Crippen molar-refractivity contribution in [3.63, 3.8) is 0 Å². The largest absolute Gasteiger partial charge is 0.462 e. The summed E-state index contributed by atoms with van der Waals surface area (Å²) in [5.41, 5.74) is 0.820. The highest BCUT2D eigenvalue weighted by molar-refractivity contribution is 6.03. The number of aromatic amines is 1. The first-order valence-electron chi connectivity index (χ1n) is 7.77. The van der Waals surface area contributed by atoms with Gasteiger partial charge in [-0.1, -0.05) is 0 Å². The maximum Gasteiger partial charge on any atom is 0.340 e. The van der Waals surface area contributed by atoms with Gasteiger partial charge in [-0.25, -0.2) is 18.4 Å². The van der Waals surface area contributed by atoms with Gasteiger partial charge >= 0.3 is 11.9 Å². The molecule has 2 aromatic rings. The molecule has 2 rings (SSSR count). The first-order chi connectivity index (χ1) is 12.2. The van der Waals surface area contributed by atoms with Crippen LogP contribution in [0.25, 0.3) is 0 Å². The smallest absolute Gasteiger partial charge is 0.340 e. The van der Waals surface area contributed by atoms with Gasteiger partial charge in [0.05, 0.1) is 23.4 Å². The molecule has 8 heteroatoms. The molecular formula is C18H17F2NO5. The minimum absolute atomic E-state index is 0.101. The molecule has 0 atom stereocenters. The zero-order chi connectivity index (χ0) is 19.4. The summed E-state index contributed by atoms with van der Waals surface area (Å²) in [6.07, 6.45) is 0. The number of ketones is 1. The van der Waals surface area contributed by atoms with E-state index < -0.39 is 36.0 Å². The second-order valence-corrected chi connectivity index (χ2v) is 5.50. The molecule has 0 spiro atoms. The minimum Gasteiger partial charge on any atom is -0.462 e. The van der Waals surface area contributed by atoms with E-state index in [4.69, 9.17) is 9.47 Å². The second kappa shape index (κ2) is 7.90. The highest BCUT2D eigenvalue weighted by atomic mass is 19.1. The summed E-state index contributed by atoms with van der Waals surface area (Å²) in [4.78, 5) is 38.8. The number of rotatable bonds is 6. The average Bonchev–Trinajstić information content (AvgIpc) is 2.86. The second-order valence-electron chi connectivity index (χ2n) is 5.50. The summed E-state index contributed by atoms with van der Waals surface area (Å²) in [7, 11) is 0. The van der Waals surface area contributed by atoms with Crippen molar-refractivity contribution < 1.29 is 32.6 Å². The van der Waals surface area contributed by atoms with Crippen LogP contribution in [0, 0.1) is 25.5 Å². The van der Waals surface area contributed by atoms with Crippen molar-refractivity contribution >= 4 is 17.7 Å². The van der Waals surface area contributed by atoms with E-state index in [1.54, 1.807) is 20.8 Å². The SMILES string of the molecule is CCOC(=O)c1c(C)[nH]c(C(=O)COC(=O)c2cc(F)cc(F)c2)c1C. The fourth-order valence-electron chi connectivity index (χ4n) is 2.50. The van der Waals surface area contributed by atoms with Crippen LogP contribution in [0.4, 0.5) is 8.78 Å². The van der Waals surface area contributed by atoms with Crippen LogP contribution in [0.5, 0.6) is 0 Å². The Hall–Kier alpha value is -3.03. The molecule has 26 heavy (non-hydrogen) atoms. The fourth-order valence-corrected chi connectivity index (χ4v) is 2.50. The van der Waals surface area contributed by atoms with Gasteiger partial charge in [0.15, 0.2) is 6.61 Å². The molecule has 0 saturated heterocycles. The zero-order valence-electron chi connectivity index (χ0n) is 14.4. The van der Waals surface area contributed by atoms with Crippen molar-refractivity contribution in [3.05, 3.63) is 57.9 Å². The summed E-state index contributed by atoms with van der Waals surface area (Å²) >= 11 is 0. The van der Waals surface area contributed by atoms with Crippen LogP contribution in [0.15, 0.2) is 18.2 Å². The third-order valence-corrected chi connectivity index (χ3v) is 3.63. The third kappa shape index (κ3) is 4.14. The summed E-state index contributed by atoms with van der Waals surface area (Å²) in [6.45, 7) is 4.37.